The molecule has 1 heterocycles. The third-order valence-electron chi connectivity index (χ3n) is 2.93. The first-order valence-corrected chi connectivity index (χ1v) is 5.80. The van der Waals surface area contributed by atoms with E-state index >= 15 is 0 Å². The van der Waals surface area contributed by atoms with E-state index in [1.54, 1.807) is 6.92 Å². The lowest BCUT2D eigenvalue weighted by molar-refractivity contribution is 1.02. The van der Waals surface area contributed by atoms with Crippen LogP contribution in [0.1, 0.15) is 5.82 Å². The number of benzene rings is 2. The second-order valence-corrected chi connectivity index (χ2v) is 4.24. The third-order valence-corrected chi connectivity index (χ3v) is 2.93. The van der Waals surface area contributed by atoms with Gasteiger partial charge in [0.25, 0.3) is 5.56 Å². The normalized spacial score (nSPS) is 10.7. The highest BCUT2D eigenvalue weighted by molar-refractivity contribution is 5.95. The standard InChI is InChI=1S/C15H12N2O/c1-10-16-14(9-15(18)17-10)13-8-4-6-11-5-2-3-7-12(11)13/h2-9H,1H3,(H,16,17,18). The van der Waals surface area contributed by atoms with Gasteiger partial charge in [0, 0.05) is 11.6 Å². The van der Waals surface area contributed by atoms with E-state index in [-0.39, 0.29) is 5.56 Å². The van der Waals surface area contributed by atoms with Crippen molar-refractivity contribution >= 4 is 10.8 Å². The van der Waals surface area contributed by atoms with Gasteiger partial charge in [0.15, 0.2) is 0 Å². The van der Waals surface area contributed by atoms with Gasteiger partial charge >= 0.3 is 0 Å². The molecule has 2 aromatic carbocycles. The van der Waals surface area contributed by atoms with Gasteiger partial charge in [0.1, 0.15) is 5.82 Å². The van der Waals surface area contributed by atoms with Gasteiger partial charge in [-0.25, -0.2) is 4.98 Å². The molecule has 0 saturated carbocycles. The molecular formula is C15H12N2O. The molecule has 0 amide bonds. The largest absolute Gasteiger partial charge is 0.311 e. The van der Waals surface area contributed by atoms with Crippen molar-refractivity contribution < 1.29 is 0 Å². The summed E-state index contributed by atoms with van der Waals surface area (Å²) in [6.45, 7) is 1.79. The molecule has 0 unspecified atom stereocenters. The van der Waals surface area contributed by atoms with Crippen LogP contribution in [0.4, 0.5) is 0 Å². The zero-order chi connectivity index (χ0) is 12.5. The first kappa shape index (κ1) is 10.7. The highest BCUT2D eigenvalue weighted by atomic mass is 16.1. The molecule has 3 nitrogen and oxygen atoms in total. The Balaban J connectivity index is 2.34. The van der Waals surface area contributed by atoms with Crippen molar-refractivity contribution in [2.24, 2.45) is 0 Å². The lowest BCUT2D eigenvalue weighted by Crippen LogP contribution is -2.08. The number of aromatic amines is 1. The number of rotatable bonds is 1. The molecule has 0 saturated heterocycles. The number of hydrogen-bond donors (Lipinski definition) is 1. The fourth-order valence-corrected chi connectivity index (χ4v) is 2.17. The molecule has 3 rings (SSSR count). The summed E-state index contributed by atoms with van der Waals surface area (Å²) in [7, 11) is 0. The van der Waals surface area contributed by atoms with E-state index in [0.29, 0.717) is 11.5 Å². The van der Waals surface area contributed by atoms with Crippen LogP contribution in [-0.4, -0.2) is 9.97 Å². The molecular weight excluding hydrogens is 224 g/mol. The van der Waals surface area contributed by atoms with E-state index in [2.05, 4.69) is 22.1 Å². The average Bonchev–Trinajstić information content (AvgIpc) is 2.37. The van der Waals surface area contributed by atoms with Crippen molar-refractivity contribution in [2.75, 3.05) is 0 Å². The monoisotopic (exact) mass is 236 g/mol. The number of fused-ring (bicyclic) bond motifs is 1. The van der Waals surface area contributed by atoms with Gasteiger partial charge in [-0.3, -0.25) is 4.79 Å². The zero-order valence-corrected chi connectivity index (χ0v) is 9.97. The van der Waals surface area contributed by atoms with Gasteiger partial charge in [-0.1, -0.05) is 42.5 Å². The first-order chi connectivity index (χ1) is 8.74. The van der Waals surface area contributed by atoms with Crippen molar-refractivity contribution in [1.29, 1.82) is 0 Å². The molecule has 0 atom stereocenters. The number of nitrogens with one attached hydrogen (secondary N) is 1. The molecule has 0 aliphatic rings. The molecule has 18 heavy (non-hydrogen) atoms. The van der Waals surface area contributed by atoms with Crippen LogP contribution in [0.25, 0.3) is 22.0 Å². The fraction of sp³-hybridized carbons (Fsp3) is 0.0667. The van der Waals surface area contributed by atoms with Gasteiger partial charge in [0.2, 0.25) is 0 Å². The Morgan fingerprint density at radius 1 is 1.06 bits per heavy atom. The van der Waals surface area contributed by atoms with Crippen molar-refractivity contribution in [1.82, 2.24) is 9.97 Å². The van der Waals surface area contributed by atoms with E-state index in [4.69, 9.17) is 0 Å². The van der Waals surface area contributed by atoms with Gasteiger partial charge < -0.3 is 4.98 Å². The van der Waals surface area contributed by atoms with Crippen molar-refractivity contribution in [3.05, 3.63) is 64.7 Å². The molecule has 0 bridgehead atoms. The summed E-state index contributed by atoms with van der Waals surface area (Å²) in [5.41, 5.74) is 1.58. The number of aromatic nitrogens is 2. The van der Waals surface area contributed by atoms with Crippen LogP contribution in [0.2, 0.25) is 0 Å². The highest BCUT2D eigenvalue weighted by Gasteiger charge is 2.05. The lowest BCUT2D eigenvalue weighted by atomic mass is 10.0. The van der Waals surface area contributed by atoms with Crippen LogP contribution in [0.15, 0.2) is 53.3 Å². The molecule has 0 radical (unpaired) electrons. The summed E-state index contributed by atoms with van der Waals surface area (Å²) in [6, 6.07) is 15.7. The summed E-state index contributed by atoms with van der Waals surface area (Å²) < 4.78 is 0. The molecule has 0 spiro atoms. The molecule has 1 N–H and O–H groups in total. The quantitative estimate of drug-likeness (QED) is 0.706. The summed E-state index contributed by atoms with van der Waals surface area (Å²) in [6.07, 6.45) is 0. The number of H-pyrrole nitrogens is 1. The van der Waals surface area contributed by atoms with Crippen LogP contribution < -0.4 is 5.56 Å². The third kappa shape index (κ3) is 1.80. The van der Waals surface area contributed by atoms with Crippen LogP contribution >= 0.6 is 0 Å². The first-order valence-electron chi connectivity index (χ1n) is 5.80. The van der Waals surface area contributed by atoms with Crippen LogP contribution in [0, 0.1) is 6.92 Å². The summed E-state index contributed by atoms with van der Waals surface area (Å²) >= 11 is 0. The Morgan fingerprint density at radius 2 is 1.83 bits per heavy atom. The molecule has 88 valence electrons. The van der Waals surface area contributed by atoms with Gasteiger partial charge in [0.05, 0.1) is 5.69 Å². The second-order valence-electron chi connectivity index (χ2n) is 4.24. The highest BCUT2D eigenvalue weighted by Crippen LogP contribution is 2.26. The second kappa shape index (κ2) is 4.11. The Bertz CT molecular complexity index is 769. The number of nitrogens with zero attached hydrogens (tertiary/aromatic N) is 1. The summed E-state index contributed by atoms with van der Waals surface area (Å²) in [5.74, 6) is 0.630. The average molecular weight is 236 g/mol. The van der Waals surface area contributed by atoms with Gasteiger partial charge in [-0.2, -0.15) is 0 Å². The fourth-order valence-electron chi connectivity index (χ4n) is 2.17. The maximum absolute atomic E-state index is 11.5. The molecule has 3 heteroatoms. The van der Waals surface area contributed by atoms with Crippen LogP contribution in [0.3, 0.4) is 0 Å². The van der Waals surface area contributed by atoms with E-state index in [9.17, 15) is 4.79 Å². The Hall–Kier alpha value is -2.42. The maximum atomic E-state index is 11.5. The van der Waals surface area contributed by atoms with E-state index in [0.717, 1.165) is 16.3 Å². The predicted molar refractivity (Wildman–Crippen MR) is 72.5 cm³/mol. The molecule has 1 aromatic heterocycles. The summed E-state index contributed by atoms with van der Waals surface area (Å²) in [4.78, 5) is 18.6. The predicted octanol–water partition coefficient (Wildman–Crippen LogP) is 2.90. The smallest absolute Gasteiger partial charge is 0.251 e. The van der Waals surface area contributed by atoms with E-state index in [1.807, 2.05) is 30.3 Å². The SMILES string of the molecule is Cc1nc(-c2cccc3ccccc23)cc(=O)[nH]1. The van der Waals surface area contributed by atoms with Crippen molar-refractivity contribution in [2.45, 2.75) is 6.92 Å². The molecule has 0 aliphatic carbocycles. The molecule has 0 aliphatic heterocycles. The Kier molecular flexibility index (Phi) is 2.45. The zero-order valence-electron chi connectivity index (χ0n) is 9.97. The van der Waals surface area contributed by atoms with E-state index < -0.39 is 0 Å². The van der Waals surface area contributed by atoms with Crippen LogP contribution in [-0.2, 0) is 0 Å². The van der Waals surface area contributed by atoms with E-state index in [1.165, 1.54) is 6.07 Å². The number of hydrogen-bond acceptors (Lipinski definition) is 2. The van der Waals surface area contributed by atoms with Crippen LogP contribution in [0.5, 0.6) is 0 Å². The maximum Gasteiger partial charge on any atom is 0.251 e. The van der Waals surface area contributed by atoms with Gasteiger partial charge in [-0.05, 0) is 17.7 Å². The lowest BCUT2D eigenvalue weighted by Gasteiger charge is -2.06. The Labute approximate surface area is 104 Å². The topological polar surface area (TPSA) is 45.8 Å². The Morgan fingerprint density at radius 3 is 2.67 bits per heavy atom. The summed E-state index contributed by atoms with van der Waals surface area (Å²) in [5, 5.41) is 2.26. The minimum atomic E-state index is -0.120. The van der Waals surface area contributed by atoms with Crippen molar-refractivity contribution in [3.8, 4) is 11.3 Å². The van der Waals surface area contributed by atoms with Crippen molar-refractivity contribution in [3.63, 3.8) is 0 Å². The number of aryl methyl sites for hydroxylation is 1. The molecule has 3 aromatic rings. The minimum absolute atomic E-state index is 0.120. The molecule has 0 fully saturated rings. The van der Waals surface area contributed by atoms with Gasteiger partial charge in [-0.15, -0.1) is 0 Å². The minimum Gasteiger partial charge on any atom is -0.311 e.